The van der Waals surface area contributed by atoms with Crippen molar-refractivity contribution in [1.29, 1.82) is 0 Å². The van der Waals surface area contributed by atoms with Crippen LogP contribution < -0.4 is 10.3 Å². The quantitative estimate of drug-likeness (QED) is 0.771. The Kier molecular flexibility index (Phi) is 3.47. The first-order valence-electron chi connectivity index (χ1n) is 6.13. The van der Waals surface area contributed by atoms with Gasteiger partial charge in [-0.1, -0.05) is 12.1 Å². The molecule has 0 aliphatic rings. The molecule has 1 heterocycles. The molecule has 0 unspecified atom stereocenters. The summed E-state index contributed by atoms with van der Waals surface area (Å²) in [7, 11) is 1.37. The van der Waals surface area contributed by atoms with Gasteiger partial charge in [0.2, 0.25) is 0 Å². The second kappa shape index (κ2) is 5.29. The molecule has 0 aliphatic carbocycles. The maximum atomic E-state index is 14.1. The molecule has 0 spiro atoms. The first-order valence-corrected chi connectivity index (χ1v) is 6.92. The third-order valence-corrected chi connectivity index (χ3v) is 3.73. The van der Waals surface area contributed by atoms with Gasteiger partial charge in [0.15, 0.2) is 11.6 Å². The van der Waals surface area contributed by atoms with E-state index in [-0.39, 0.29) is 21.6 Å². The van der Waals surface area contributed by atoms with Gasteiger partial charge in [0.25, 0.3) is 5.56 Å². The molecule has 0 radical (unpaired) electrons. The molecule has 0 amide bonds. The minimum atomic E-state index is -0.536. The molecule has 1 aromatic heterocycles. The summed E-state index contributed by atoms with van der Waals surface area (Å²) in [4.78, 5) is 19.1. The third kappa shape index (κ3) is 2.31. The molecule has 0 fully saturated rings. The van der Waals surface area contributed by atoms with Crippen molar-refractivity contribution in [1.82, 2.24) is 9.97 Å². The van der Waals surface area contributed by atoms with E-state index in [4.69, 9.17) is 4.74 Å². The molecule has 1 N–H and O–H groups in total. The summed E-state index contributed by atoms with van der Waals surface area (Å²) in [5.74, 6) is -0.240. The number of nitrogens with one attached hydrogen (secondary N) is 1. The Bertz CT molecular complexity index is 892. The first kappa shape index (κ1) is 13.8. The standard InChI is InChI=1S/C15H10BrFN2O2/c1-21-13-9(6-7-10(16)12(13)17)14-18-11-5-3-2-4-8(11)15(20)19-14/h2-7H,1H3,(H,18,19,20). The lowest BCUT2D eigenvalue weighted by Crippen LogP contribution is -2.10. The zero-order chi connectivity index (χ0) is 15.0. The molecule has 0 atom stereocenters. The third-order valence-electron chi connectivity index (χ3n) is 3.12. The van der Waals surface area contributed by atoms with Crippen LogP contribution >= 0.6 is 15.9 Å². The van der Waals surface area contributed by atoms with Crippen molar-refractivity contribution in [2.45, 2.75) is 0 Å². The molecular formula is C15H10BrFN2O2. The lowest BCUT2D eigenvalue weighted by molar-refractivity contribution is 0.386. The first-order chi connectivity index (χ1) is 10.1. The van der Waals surface area contributed by atoms with Crippen LogP contribution in [0, 0.1) is 5.82 Å². The molecule has 106 valence electrons. The van der Waals surface area contributed by atoms with Gasteiger partial charge in [0, 0.05) is 0 Å². The maximum Gasteiger partial charge on any atom is 0.259 e. The molecule has 0 bridgehead atoms. The molecule has 3 aromatic rings. The Hall–Kier alpha value is -2.21. The highest BCUT2D eigenvalue weighted by Gasteiger charge is 2.16. The minimum absolute atomic E-state index is 0.0304. The lowest BCUT2D eigenvalue weighted by Gasteiger charge is -2.10. The van der Waals surface area contributed by atoms with E-state index in [1.165, 1.54) is 7.11 Å². The average Bonchev–Trinajstić information content (AvgIpc) is 2.49. The monoisotopic (exact) mass is 348 g/mol. The van der Waals surface area contributed by atoms with Crippen LogP contribution in [-0.2, 0) is 0 Å². The van der Waals surface area contributed by atoms with Gasteiger partial charge in [-0.3, -0.25) is 4.79 Å². The predicted molar refractivity (Wildman–Crippen MR) is 82.0 cm³/mol. The Balaban J connectivity index is 2.31. The Morgan fingerprint density at radius 3 is 2.76 bits per heavy atom. The predicted octanol–water partition coefficient (Wildman–Crippen LogP) is 3.50. The zero-order valence-corrected chi connectivity index (χ0v) is 12.6. The number of ether oxygens (including phenoxy) is 1. The summed E-state index contributed by atoms with van der Waals surface area (Å²) in [5.41, 5.74) is 0.656. The van der Waals surface area contributed by atoms with Gasteiger partial charge in [-0.2, -0.15) is 0 Å². The van der Waals surface area contributed by atoms with Gasteiger partial charge >= 0.3 is 0 Å². The lowest BCUT2D eigenvalue weighted by atomic mass is 10.1. The van der Waals surface area contributed by atoms with E-state index >= 15 is 0 Å². The fourth-order valence-corrected chi connectivity index (χ4v) is 2.44. The van der Waals surface area contributed by atoms with E-state index in [0.717, 1.165) is 0 Å². The van der Waals surface area contributed by atoms with Crippen molar-refractivity contribution in [3.05, 3.63) is 57.0 Å². The van der Waals surface area contributed by atoms with Crippen molar-refractivity contribution in [2.24, 2.45) is 0 Å². The van der Waals surface area contributed by atoms with Crippen molar-refractivity contribution in [3.8, 4) is 17.1 Å². The second-order valence-corrected chi connectivity index (χ2v) is 5.23. The molecule has 4 nitrogen and oxygen atoms in total. The van der Waals surface area contributed by atoms with Gasteiger partial charge in [-0.25, -0.2) is 9.37 Å². The van der Waals surface area contributed by atoms with Crippen LogP contribution in [0.1, 0.15) is 0 Å². The van der Waals surface area contributed by atoms with E-state index in [1.807, 2.05) is 0 Å². The molecule has 0 saturated carbocycles. The molecule has 2 aromatic carbocycles. The zero-order valence-electron chi connectivity index (χ0n) is 11.0. The number of para-hydroxylation sites is 1. The van der Waals surface area contributed by atoms with Crippen LogP contribution in [0.3, 0.4) is 0 Å². The fourth-order valence-electron chi connectivity index (χ4n) is 2.13. The number of methoxy groups -OCH3 is 1. The summed E-state index contributed by atoms with van der Waals surface area (Å²) < 4.78 is 19.5. The fraction of sp³-hybridized carbons (Fsp3) is 0.0667. The maximum absolute atomic E-state index is 14.1. The van der Waals surface area contributed by atoms with E-state index < -0.39 is 5.82 Å². The summed E-state index contributed by atoms with van der Waals surface area (Å²) in [6, 6.07) is 10.2. The molecule has 0 saturated heterocycles. The summed E-state index contributed by atoms with van der Waals surface area (Å²) in [6.45, 7) is 0. The minimum Gasteiger partial charge on any atom is -0.493 e. The van der Waals surface area contributed by atoms with Crippen LogP contribution in [0.2, 0.25) is 0 Å². The number of benzene rings is 2. The van der Waals surface area contributed by atoms with Crippen molar-refractivity contribution in [3.63, 3.8) is 0 Å². The Morgan fingerprint density at radius 2 is 2.00 bits per heavy atom. The van der Waals surface area contributed by atoms with Gasteiger partial charge in [-0.15, -0.1) is 0 Å². The molecule has 21 heavy (non-hydrogen) atoms. The highest BCUT2D eigenvalue weighted by Crippen LogP contribution is 2.34. The van der Waals surface area contributed by atoms with E-state index in [1.54, 1.807) is 36.4 Å². The van der Waals surface area contributed by atoms with Crippen LogP contribution in [-0.4, -0.2) is 17.1 Å². The second-order valence-electron chi connectivity index (χ2n) is 4.37. The number of hydrogen-bond acceptors (Lipinski definition) is 3. The van der Waals surface area contributed by atoms with E-state index in [9.17, 15) is 9.18 Å². The molecular weight excluding hydrogens is 339 g/mol. The van der Waals surface area contributed by atoms with Crippen molar-refractivity contribution < 1.29 is 9.13 Å². The SMILES string of the molecule is COc1c(-c2nc3ccccc3c(=O)[nH]2)ccc(Br)c1F. The van der Waals surface area contributed by atoms with E-state index in [0.29, 0.717) is 16.5 Å². The number of aromatic nitrogens is 2. The van der Waals surface area contributed by atoms with Crippen LogP contribution in [0.5, 0.6) is 5.75 Å². The number of aromatic amines is 1. The summed E-state index contributed by atoms with van der Waals surface area (Å²) in [6.07, 6.45) is 0. The Morgan fingerprint density at radius 1 is 1.24 bits per heavy atom. The van der Waals surface area contributed by atoms with Gasteiger partial charge in [-0.05, 0) is 40.2 Å². The normalized spacial score (nSPS) is 10.8. The number of hydrogen-bond donors (Lipinski definition) is 1. The topological polar surface area (TPSA) is 55.0 Å². The molecule has 6 heteroatoms. The van der Waals surface area contributed by atoms with Crippen molar-refractivity contribution >= 4 is 26.8 Å². The van der Waals surface area contributed by atoms with E-state index in [2.05, 4.69) is 25.9 Å². The summed E-state index contributed by atoms with van der Waals surface area (Å²) in [5, 5.41) is 0.484. The van der Waals surface area contributed by atoms with Crippen LogP contribution in [0.4, 0.5) is 4.39 Å². The number of H-pyrrole nitrogens is 1. The molecule has 3 rings (SSSR count). The number of halogens is 2. The number of rotatable bonds is 2. The highest BCUT2D eigenvalue weighted by atomic mass is 79.9. The highest BCUT2D eigenvalue weighted by molar-refractivity contribution is 9.10. The molecule has 0 aliphatic heterocycles. The average molecular weight is 349 g/mol. The Labute approximate surface area is 127 Å². The largest absolute Gasteiger partial charge is 0.493 e. The summed E-state index contributed by atoms with van der Waals surface area (Å²) >= 11 is 3.10. The van der Waals surface area contributed by atoms with Gasteiger partial charge in [0.1, 0.15) is 5.82 Å². The number of fused-ring (bicyclic) bond motifs is 1. The number of nitrogens with zero attached hydrogens (tertiary/aromatic N) is 1. The van der Waals surface area contributed by atoms with Crippen LogP contribution in [0.15, 0.2) is 45.7 Å². The smallest absolute Gasteiger partial charge is 0.259 e. The van der Waals surface area contributed by atoms with Gasteiger partial charge in [0.05, 0.1) is 28.0 Å². The van der Waals surface area contributed by atoms with Crippen LogP contribution in [0.25, 0.3) is 22.3 Å². The van der Waals surface area contributed by atoms with Crippen molar-refractivity contribution in [2.75, 3.05) is 7.11 Å². The van der Waals surface area contributed by atoms with Gasteiger partial charge < -0.3 is 9.72 Å².